The van der Waals surface area contributed by atoms with Gasteiger partial charge in [-0.25, -0.2) is 0 Å². The molecule has 0 unspecified atom stereocenters. The summed E-state index contributed by atoms with van der Waals surface area (Å²) in [4.78, 5) is 9.76. The molecule has 2 rings (SSSR count). The van der Waals surface area contributed by atoms with Crippen molar-refractivity contribution in [1.82, 2.24) is 0 Å². The predicted octanol–water partition coefficient (Wildman–Crippen LogP) is 4.93. The van der Waals surface area contributed by atoms with E-state index in [2.05, 4.69) is 13.2 Å². The first-order chi connectivity index (χ1) is 10.7. The normalized spacial score (nSPS) is 10.6. The number of hydrogen-bond acceptors (Lipinski definition) is 3. The zero-order chi connectivity index (χ0) is 15.8. The van der Waals surface area contributed by atoms with Crippen molar-refractivity contribution < 1.29 is 13.9 Å². The van der Waals surface area contributed by atoms with Gasteiger partial charge >= 0.3 is 8.60 Å². The van der Waals surface area contributed by atoms with Crippen molar-refractivity contribution in [2.24, 2.45) is 0 Å². The van der Waals surface area contributed by atoms with Crippen LogP contribution in [0.15, 0.2) is 61.7 Å². The van der Waals surface area contributed by atoms with Crippen molar-refractivity contribution in [2.75, 3.05) is 0 Å². The van der Waals surface area contributed by atoms with Gasteiger partial charge in [0.05, 0.1) is 13.2 Å². The Morgan fingerprint density at radius 1 is 0.773 bits per heavy atom. The molecule has 3 nitrogen and oxygen atoms in total. The second-order valence-corrected chi connectivity index (χ2v) is 5.67. The molecule has 0 aromatic heterocycles. The predicted molar refractivity (Wildman–Crippen MR) is 91.8 cm³/mol. The van der Waals surface area contributed by atoms with E-state index in [0.717, 1.165) is 22.3 Å². The van der Waals surface area contributed by atoms with E-state index in [0.29, 0.717) is 13.2 Å². The van der Waals surface area contributed by atoms with E-state index in [1.165, 1.54) is 0 Å². The summed E-state index contributed by atoms with van der Waals surface area (Å²) >= 11 is 0. The molecule has 0 amide bonds. The number of benzene rings is 2. The zero-order valence-electron chi connectivity index (χ0n) is 12.3. The molecule has 0 fully saturated rings. The molecule has 0 saturated heterocycles. The Labute approximate surface area is 132 Å². The van der Waals surface area contributed by atoms with E-state index in [-0.39, 0.29) is 0 Å². The second kappa shape index (κ2) is 8.62. The van der Waals surface area contributed by atoms with Crippen LogP contribution in [0.5, 0.6) is 0 Å². The summed E-state index contributed by atoms with van der Waals surface area (Å²) in [5, 5.41) is 0. The SMILES string of the molecule is C=Cc1ccc(COP(O)OCc2ccc(C=C)cc2)cc1. The fraction of sp³-hybridized carbons (Fsp3) is 0.111. The Balaban J connectivity index is 1.75. The van der Waals surface area contributed by atoms with Crippen molar-refractivity contribution in [3.05, 3.63) is 83.9 Å². The maximum Gasteiger partial charge on any atom is 0.330 e. The van der Waals surface area contributed by atoms with Gasteiger partial charge in [0.1, 0.15) is 0 Å². The lowest BCUT2D eigenvalue weighted by Crippen LogP contribution is -1.93. The van der Waals surface area contributed by atoms with Crippen LogP contribution in [0.3, 0.4) is 0 Å². The minimum Gasteiger partial charge on any atom is -0.328 e. The van der Waals surface area contributed by atoms with E-state index in [1.54, 1.807) is 12.2 Å². The van der Waals surface area contributed by atoms with Crippen LogP contribution >= 0.6 is 8.60 Å². The maximum absolute atomic E-state index is 9.76. The molecule has 2 aromatic rings. The Bertz CT molecular complexity index is 550. The number of hydrogen-bond donors (Lipinski definition) is 1. The Morgan fingerprint density at radius 3 is 1.45 bits per heavy atom. The van der Waals surface area contributed by atoms with E-state index in [9.17, 15) is 4.89 Å². The van der Waals surface area contributed by atoms with Gasteiger partial charge < -0.3 is 13.9 Å². The highest BCUT2D eigenvalue weighted by atomic mass is 31.2. The van der Waals surface area contributed by atoms with Gasteiger partial charge in [-0.05, 0) is 22.3 Å². The highest BCUT2D eigenvalue weighted by molar-refractivity contribution is 7.40. The van der Waals surface area contributed by atoms with Crippen LogP contribution in [0.4, 0.5) is 0 Å². The standard InChI is InChI=1S/C18H19O3P/c1-3-15-5-9-17(10-6-15)13-20-22(19)21-14-18-11-7-16(4-2)8-12-18/h3-12,19H,1-2,13-14H2. The Morgan fingerprint density at radius 2 is 1.14 bits per heavy atom. The summed E-state index contributed by atoms with van der Waals surface area (Å²) in [5.41, 5.74) is 4.06. The van der Waals surface area contributed by atoms with Gasteiger partial charge in [0.25, 0.3) is 0 Å². The molecule has 114 valence electrons. The summed E-state index contributed by atoms with van der Waals surface area (Å²) < 4.78 is 10.6. The van der Waals surface area contributed by atoms with Crippen LogP contribution < -0.4 is 0 Å². The average Bonchev–Trinajstić information content (AvgIpc) is 2.59. The minimum absolute atomic E-state index is 0.315. The lowest BCUT2D eigenvalue weighted by molar-refractivity contribution is 0.187. The van der Waals surface area contributed by atoms with Gasteiger partial charge in [-0.3, -0.25) is 0 Å². The highest BCUT2D eigenvalue weighted by Gasteiger charge is 2.07. The topological polar surface area (TPSA) is 38.7 Å². The molecule has 4 heteroatoms. The maximum atomic E-state index is 9.76. The van der Waals surface area contributed by atoms with Crippen molar-refractivity contribution in [3.63, 3.8) is 0 Å². The molecule has 0 aliphatic rings. The summed E-state index contributed by atoms with van der Waals surface area (Å²) in [6.07, 6.45) is 3.56. The Hall–Kier alpha value is -1.77. The fourth-order valence-electron chi connectivity index (χ4n) is 1.80. The third kappa shape index (κ3) is 5.21. The van der Waals surface area contributed by atoms with Gasteiger partial charge in [-0.2, -0.15) is 0 Å². The minimum atomic E-state index is -1.89. The van der Waals surface area contributed by atoms with Crippen molar-refractivity contribution in [3.8, 4) is 0 Å². The van der Waals surface area contributed by atoms with Gasteiger partial charge in [-0.15, -0.1) is 0 Å². The van der Waals surface area contributed by atoms with Crippen LogP contribution in [-0.4, -0.2) is 4.89 Å². The van der Waals surface area contributed by atoms with Gasteiger partial charge in [-0.1, -0.05) is 73.8 Å². The van der Waals surface area contributed by atoms with E-state index in [4.69, 9.17) is 9.05 Å². The summed E-state index contributed by atoms with van der Waals surface area (Å²) in [6, 6.07) is 15.6. The first-order valence-electron chi connectivity index (χ1n) is 6.89. The fourth-order valence-corrected chi connectivity index (χ4v) is 2.39. The monoisotopic (exact) mass is 314 g/mol. The highest BCUT2D eigenvalue weighted by Crippen LogP contribution is 2.35. The molecule has 0 atom stereocenters. The molecule has 0 spiro atoms. The molecule has 2 aromatic carbocycles. The summed E-state index contributed by atoms with van der Waals surface area (Å²) in [6.45, 7) is 8.04. The van der Waals surface area contributed by atoms with Crippen molar-refractivity contribution >= 4 is 20.8 Å². The molecular weight excluding hydrogens is 295 g/mol. The summed E-state index contributed by atoms with van der Waals surface area (Å²) in [5.74, 6) is 0. The number of rotatable bonds is 8. The van der Waals surface area contributed by atoms with E-state index in [1.807, 2.05) is 48.5 Å². The first kappa shape index (κ1) is 16.6. The van der Waals surface area contributed by atoms with Crippen LogP contribution in [0, 0.1) is 0 Å². The molecule has 0 bridgehead atoms. The van der Waals surface area contributed by atoms with Crippen LogP contribution in [0.1, 0.15) is 22.3 Å². The van der Waals surface area contributed by atoms with Gasteiger partial charge in [0.2, 0.25) is 0 Å². The second-order valence-electron chi connectivity index (χ2n) is 4.68. The molecule has 22 heavy (non-hydrogen) atoms. The van der Waals surface area contributed by atoms with Crippen LogP contribution in [-0.2, 0) is 22.3 Å². The molecule has 1 N–H and O–H groups in total. The molecule has 0 heterocycles. The largest absolute Gasteiger partial charge is 0.330 e. The summed E-state index contributed by atoms with van der Waals surface area (Å²) in [7, 11) is -1.89. The third-order valence-electron chi connectivity index (χ3n) is 3.11. The quantitative estimate of drug-likeness (QED) is 0.702. The van der Waals surface area contributed by atoms with Gasteiger partial charge in [0.15, 0.2) is 0 Å². The first-order valence-corrected chi connectivity index (χ1v) is 8.02. The molecule has 0 saturated carbocycles. The lowest BCUT2D eigenvalue weighted by atomic mass is 10.1. The third-order valence-corrected chi connectivity index (χ3v) is 3.81. The zero-order valence-corrected chi connectivity index (χ0v) is 13.2. The molecule has 0 aliphatic heterocycles. The van der Waals surface area contributed by atoms with Crippen LogP contribution in [0.25, 0.3) is 12.2 Å². The van der Waals surface area contributed by atoms with Crippen LogP contribution in [0.2, 0.25) is 0 Å². The van der Waals surface area contributed by atoms with Gasteiger partial charge in [0, 0.05) is 0 Å². The average molecular weight is 314 g/mol. The van der Waals surface area contributed by atoms with E-state index < -0.39 is 8.60 Å². The van der Waals surface area contributed by atoms with Crippen molar-refractivity contribution in [1.29, 1.82) is 0 Å². The smallest absolute Gasteiger partial charge is 0.328 e. The van der Waals surface area contributed by atoms with Crippen molar-refractivity contribution in [2.45, 2.75) is 13.2 Å². The Kier molecular flexibility index (Phi) is 6.50. The molecule has 0 aliphatic carbocycles. The lowest BCUT2D eigenvalue weighted by Gasteiger charge is -2.11. The van der Waals surface area contributed by atoms with E-state index >= 15 is 0 Å². The molecular formula is C18H19O3P. The molecule has 0 radical (unpaired) electrons.